The summed E-state index contributed by atoms with van der Waals surface area (Å²) >= 11 is 1.61. The van der Waals surface area contributed by atoms with Crippen LogP contribution in [-0.2, 0) is 17.3 Å². The van der Waals surface area contributed by atoms with Crippen molar-refractivity contribution in [3.63, 3.8) is 0 Å². The zero-order valence-corrected chi connectivity index (χ0v) is 14.3. The molecule has 0 radical (unpaired) electrons. The molecule has 1 aromatic carbocycles. The Morgan fingerprint density at radius 3 is 3.00 bits per heavy atom. The van der Waals surface area contributed by atoms with Gasteiger partial charge in [0, 0.05) is 28.6 Å². The van der Waals surface area contributed by atoms with Crippen LogP contribution >= 0.6 is 11.3 Å². The molecule has 0 saturated heterocycles. The number of fused-ring (bicyclic) bond motifs is 2. The summed E-state index contributed by atoms with van der Waals surface area (Å²) < 4.78 is 13.3. The van der Waals surface area contributed by atoms with E-state index in [1.54, 1.807) is 11.3 Å². The summed E-state index contributed by atoms with van der Waals surface area (Å²) in [6.45, 7) is 3.34. The molecule has 0 aliphatic carbocycles. The van der Waals surface area contributed by atoms with Crippen molar-refractivity contribution in [2.45, 2.75) is 18.4 Å². The second-order valence-electron chi connectivity index (χ2n) is 5.56. The Morgan fingerprint density at radius 2 is 2.13 bits per heavy atom. The van der Waals surface area contributed by atoms with Crippen LogP contribution in [0, 0.1) is 6.92 Å². The summed E-state index contributed by atoms with van der Waals surface area (Å²) in [5.74, 6) is 1.70. The topological polar surface area (TPSA) is 72.1 Å². The molecule has 0 spiro atoms. The molecule has 1 unspecified atom stereocenters. The van der Waals surface area contributed by atoms with Gasteiger partial charge >= 0.3 is 0 Å². The van der Waals surface area contributed by atoms with E-state index in [0.29, 0.717) is 30.6 Å². The molecule has 3 heterocycles. The maximum Gasteiger partial charge on any atom is 0.228 e. The molecule has 0 saturated carbocycles. The van der Waals surface area contributed by atoms with Gasteiger partial charge in [-0.3, -0.25) is 4.21 Å². The Kier molecular flexibility index (Phi) is 3.54. The molecule has 23 heavy (non-hydrogen) atoms. The maximum atomic E-state index is 12.4. The van der Waals surface area contributed by atoms with E-state index in [1.165, 1.54) is 4.88 Å². The smallest absolute Gasteiger partial charge is 0.228 e. The lowest BCUT2D eigenvalue weighted by molar-refractivity contribution is 0.683. The monoisotopic (exact) mass is 344 g/mol. The van der Waals surface area contributed by atoms with Crippen molar-refractivity contribution < 1.29 is 4.21 Å². The zero-order valence-electron chi connectivity index (χ0n) is 12.7. The number of aryl methyl sites for hydroxylation is 1. The van der Waals surface area contributed by atoms with Gasteiger partial charge in [-0.25, -0.2) is 4.98 Å². The first-order chi connectivity index (χ1) is 11.1. The predicted octanol–water partition coefficient (Wildman–Crippen LogP) is 2.71. The number of nitrogens with two attached hydrogens (primary N) is 1. The van der Waals surface area contributed by atoms with E-state index in [1.807, 2.05) is 37.3 Å². The largest absolute Gasteiger partial charge is 0.382 e. The standard InChI is InChI=1S/C16H16N4OS2/c1-10-8-12-14(22-10)15(17)19-16(18-12)20-6-7-23(21)13-5-3-2-4-11(13)9-20/h2-5,8H,6-7,9H2,1H3,(H2,17,18,19). The third-order valence-corrected chi connectivity index (χ3v) is 6.42. The number of hydrogen-bond donors (Lipinski definition) is 1. The second kappa shape index (κ2) is 5.58. The lowest BCUT2D eigenvalue weighted by atomic mass is 10.2. The second-order valence-corrected chi connectivity index (χ2v) is 8.35. The minimum Gasteiger partial charge on any atom is -0.382 e. The van der Waals surface area contributed by atoms with Gasteiger partial charge in [0.25, 0.3) is 0 Å². The molecule has 0 bridgehead atoms. The number of rotatable bonds is 1. The highest BCUT2D eigenvalue weighted by Gasteiger charge is 2.21. The van der Waals surface area contributed by atoms with Crippen LogP contribution in [0.4, 0.5) is 11.8 Å². The van der Waals surface area contributed by atoms with Crippen molar-refractivity contribution >= 4 is 44.1 Å². The van der Waals surface area contributed by atoms with E-state index in [2.05, 4.69) is 14.9 Å². The fourth-order valence-corrected chi connectivity index (χ4v) is 4.93. The molecule has 1 atom stereocenters. The highest BCUT2D eigenvalue weighted by atomic mass is 32.2. The lowest BCUT2D eigenvalue weighted by Gasteiger charge is -2.20. The van der Waals surface area contributed by atoms with Gasteiger partial charge in [0.15, 0.2) is 0 Å². The highest BCUT2D eigenvalue weighted by Crippen LogP contribution is 2.30. The number of thiophene rings is 1. The number of nitrogens with zero attached hydrogens (tertiary/aromatic N) is 3. The fourth-order valence-electron chi connectivity index (χ4n) is 2.82. The van der Waals surface area contributed by atoms with E-state index in [-0.39, 0.29) is 0 Å². The summed E-state index contributed by atoms with van der Waals surface area (Å²) in [5, 5.41) is 0. The number of aromatic nitrogens is 2. The number of nitrogen functional groups attached to an aromatic ring is 1. The molecular formula is C16H16N4OS2. The minimum atomic E-state index is -0.982. The fraction of sp³-hybridized carbons (Fsp3) is 0.250. The van der Waals surface area contributed by atoms with Gasteiger partial charge in [-0.05, 0) is 24.6 Å². The number of hydrogen-bond acceptors (Lipinski definition) is 6. The van der Waals surface area contributed by atoms with Crippen LogP contribution in [-0.4, -0.2) is 26.5 Å². The first kappa shape index (κ1) is 14.6. The number of anilines is 2. The van der Waals surface area contributed by atoms with Gasteiger partial charge in [-0.2, -0.15) is 4.98 Å². The average molecular weight is 344 g/mol. The molecular weight excluding hydrogens is 328 g/mol. The zero-order chi connectivity index (χ0) is 16.0. The van der Waals surface area contributed by atoms with E-state index >= 15 is 0 Å². The van der Waals surface area contributed by atoms with Gasteiger partial charge in [-0.15, -0.1) is 11.3 Å². The van der Waals surface area contributed by atoms with E-state index in [9.17, 15) is 4.21 Å². The molecule has 7 heteroatoms. The Morgan fingerprint density at radius 1 is 1.30 bits per heavy atom. The van der Waals surface area contributed by atoms with Crippen molar-refractivity contribution in [2.75, 3.05) is 22.9 Å². The van der Waals surface area contributed by atoms with Crippen molar-refractivity contribution in [3.8, 4) is 0 Å². The minimum absolute atomic E-state index is 0.516. The molecule has 118 valence electrons. The van der Waals surface area contributed by atoms with Crippen molar-refractivity contribution in [3.05, 3.63) is 40.8 Å². The van der Waals surface area contributed by atoms with Crippen LogP contribution in [0.15, 0.2) is 35.2 Å². The van der Waals surface area contributed by atoms with Crippen LogP contribution < -0.4 is 10.6 Å². The Labute approximate surface area is 140 Å². The SMILES string of the molecule is Cc1cc2nc(N3CCS(=O)c4ccccc4C3)nc(N)c2s1. The molecule has 1 aliphatic rings. The third kappa shape index (κ3) is 2.60. The van der Waals surface area contributed by atoms with Crippen molar-refractivity contribution in [1.82, 2.24) is 9.97 Å². The van der Waals surface area contributed by atoms with Gasteiger partial charge in [0.2, 0.25) is 5.95 Å². The van der Waals surface area contributed by atoms with Crippen LogP contribution in [0.25, 0.3) is 10.2 Å². The van der Waals surface area contributed by atoms with E-state index < -0.39 is 10.8 Å². The van der Waals surface area contributed by atoms with Crippen LogP contribution in [0.2, 0.25) is 0 Å². The van der Waals surface area contributed by atoms with Crippen molar-refractivity contribution in [2.24, 2.45) is 0 Å². The molecule has 2 aromatic heterocycles. The molecule has 0 amide bonds. The third-order valence-electron chi connectivity index (χ3n) is 3.92. The molecule has 5 nitrogen and oxygen atoms in total. The van der Waals surface area contributed by atoms with Gasteiger partial charge in [0.1, 0.15) is 5.82 Å². The highest BCUT2D eigenvalue weighted by molar-refractivity contribution is 7.85. The van der Waals surface area contributed by atoms with Gasteiger partial charge in [0.05, 0.1) is 21.0 Å². The molecule has 1 aliphatic heterocycles. The van der Waals surface area contributed by atoms with Crippen LogP contribution in [0.3, 0.4) is 0 Å². The normalized spacial score (nSPS) is 18.0. The Balaban J connectivity index is 1.77. The van der Waals surface area contributed by atoms with Gasteiger partial charge in [-0.1, -0.05) is 18.2 Å². The quantitative estimate of drug-likeness (QED) is 0.735. The van der Waals surface area contributed by atoms with Crippen molar-refractivity contribution in [1.29, 1.82) is 0 Å². The van der Waals surface area contributed by atoms with Gasteiger partial charge < -0.3 is 10.6 Å². The Bertz CT molecular complexity index is 922. The first-order valence-electron chi connectivity index (χ1n) is 7.37. The van der Waals surface area contributed by atoms with E-state index in [0.717, 1.165) is 20.7 Å². The summed E-state index contributed by atoms with van der Waals surface area (Å²) in [5.41, 5.74) is 8.06. The molecule has 0 fully saturated rings. The van der Waals surface area contributed by atoms with Crippen LogP contribution in [0.5, 0.6) is 0 Å². The maximum absolute atomic E-state index is 12.4. The number of benzene rings is 1. The molecule has 3 aromatic rings. The Hall–Kier alpha value is -1.99. The molecule has 2 N–H and O–H groups in total. The average Bonchev–Trinajstić information content (AvgIpc) is 2.83. The molecule has 4 rings (SSSR count). The van der Waals surface area contributed by atoms with E-state index in [4.69, 9.17) is 5.73 Å². The first-order valence-corrected chi connectivity index (χ1v) is 9.50. The lowest BCUT2D eigenvalue weighted by Crippen LogP contribution is -2.27. The van der Waals surface area contributed by atoms with Crippen LogP contribution in [0.1, 0.15) is 10.4 Å². The summed E-state index contributed by atoms with van der Waals surface area (Å²) in [4.78, 5) is 13.3. The summed E-state index contributed by atoms with van der Waals surface area (Å²) in [6.07, 6.45) is 0. The summed E-state index contributed by atoms with van der Waals surface area (Å²) in [6, 6.07) is 9.89. The summed E-state index contributed by atoms with van der Waals surface area (Å²) in [7, 11) is -0.982. The predicted molar refractivity (Wildman–Crippen MR) is 95.3 cm³/mol.